The number of aliphatic hydroxyl groups excluding tert-OH is 1. The van der Waals surface area contributed by atoms with Crippen molar-refractivity contribution in [3.63, 3.8) is 0 Å². The Kier molecular flexibility index (Phi) is 15.2. The maximum Gasteiger partial charge on any atom is 0.220 e. The van der Waals surface area contributed by atoms with E-state index in [9.17, 15) is 19.1 Å². The average Bonchev–Trinajstić information content (AvgIpc) is 2.95. The van der Waals surface area contributed by atoms with Crippen molar-refractivity contribution in [2.45, 2.75) is 77.2 Å². The molecule has 2 aliphatic rings. The number of nitrogens with two attached hydrogens (primary N) is 1. The largest absolute Gasteiger partial charge is 0.486 e. The maximum absolute atomic E-state index is 12.9. The van der Waals surface area contributed by atoms with Gasteiger partial charge in [0.15, 0.2) is 17.3 Å². The Hall–Kier alpha value is -2.97. The van der Waals surface area contributed by atoms with E-state index >= 15 is 0 Å². The lowest BCUT2D eigenvalue weighted by atomic mass is 9.82. The number of hydrogen-bond donors (Lipinski definition) is 3. The van der Waals surface area contributed by atoms with Crippen LogP contribution in [0.5, 0.6) is 11.5 Å². The first kappa shape index (κ1) is 32.2. The molecule has 4 N–H and O–H groups in total. The van der Waals surface area contributed by atoms with Gasteiger partial charge in [-0.05, 0) is 67.8 Å². The number of aliphatic hydroxyl groups is 1. The summed E-state index contributed by atoms with van der Waals surface area (Å²) in [7, 11) is 1.50. The fraction of sp³-hybridized carbons (Fsp3) is 0.548. The minimum atomic E-state index is -0.835. The summed E-state index contributed by atoms with van der Waals surface area (Å²) in [6.45, 7) is 3.37. The summed E-state index contributed by atoms with van der Waals surface area (Å²) in [5.41, 5.74) is 5.65. The van der Waals surface area contributed by atoms with E-state index in [-0.39, 0.29) is 24.1 Å². The molecule has 1 fully saturated rings. The van der Waals surface area contributed by atoms with Crippen molar-refractivity contribution in [3.8, 4) is 11.5 Å². The molecule has 1 aliphatic carbocycles. The predicted molar refractivity (Wildman–Crippen MR) is 152 cm³/mol. The van der Waals surface area contributed by atoms with Gasteiger partial charge < -0.3 is 25.6 Å². The zero-order valence-electron chi connectivity index (χ0n) is 23.4. The summed E-state index contributed by atoms with van der Waals surface area (Å²) in [4.78, 5) is 24.0. The summed E-state index contributed by atoms with van der Waals surface area (Å²) in [6, 6.07) is 10.7. The number of carbonyl (C=O) groups excluding carboxylic acids is 2. The molecule has 1 saturated carbocycles. The van der Waals surface area contributed by atoms with Crippen LogP contribution in [0.3, 0.4) is 0 Å². The van der Waals surface area contributed by atoms with Gasteiger partial charge in [-0.1, -0.05) is 51.5 Å². The van der Waals surface area contributed by atoms with Crippen molar-refractivity contribution in [2.75, 3.05) is 26.8 Å². The number of benzene rings is 2. The lowest BCUT2D eigenvalue weighted by Crippen LogP contribution is -2.28. The molecule has 4 rings (SSSR count). The molecule has 1 aliphatic heterocycles. The third-order valence-electron chi connectivity index (χ3n) is 6.84. The Balaban J connectivity index is 0.000000507. The van der Waals surface area contributed by atoms with Crippen molar-refractivity contribution in [1.29, 1.82) is 0 Å². The van der Waals surface area contributed by atoms with Crippen LogP contribution in [0, 0.1) is 11.7 Å². The van der Waals surface area contributed by atoms with Crippen LogP contribution in [0.25, 0.3) is 0 Å². The SMILES string of the molecule is CCCC1CCC1.CN.O=C(CCCCCC(=O)c1ccc(F)cc1)NC[C@H](O)c1ccc2c(c1)OCCO2. The van der Waals surface area contributed by atoms with E-state index in [2.05, 4.69) is 18.0 Å². The molecule has 1 amide bonds. The molecule has 0 radical (unpaired) electrons. The number of fused-ring (bicyclic) bond motifs is 1. The predicted octanol–water partition coefficient (Wildman–Crippen LogP) is 5.74. The van der Waals surface area contributed by atoms with E-state index in [1.807, 2.05) is 0 Å². The topological polar surface area (TPSA) is 111 Å². The number of amides is 1. The van der Waals surface area contributed by atoms with Crippen LogP contribution < -0.4 is 20.5 Å². The Morgan fingerprint density at radius 2 is 1.67 bits per heavy atom. The molecule has 2 aromatic rings. The van der Waals surface area contributed by atoms with Crippen molar-refractivity contribution in [3.05, 3.63) is 59.4 Å². The van der Waals surface area contributed by atoms with Gasteiger partial charge in [0.1, 0.15) is 19.0 Å². The van der Waals surface area contributed by atoms with Crippen molar-refractivity contribution in [1.82, 2.24) is 5.32 Å². The van der Waals surface area contributed by atoms with Crippen LogP contribution in [0.1, 0.15) is 93.2 Å². The van der Waals surface area contributed by atoms with Gasteiger partial charge in [0.05, 0.1) is 6.10 Å². The van der Waals surface area contributed by atoms with Gasteiger partial charge in [0.25, 0.3) is 0 Å². The second-order valence-electron chi connectivity index (χ2n) is 9.80. The highest BCUT2D eigenvalue weighted by molar-refractivity contribution is 5.95. The second kappa shape index (κ2) is 18.3. The van der Waals surface area contributed by atoms with Gasteiger partial charge in [0, 0.05) is 24.9 Å². The highest BCUT2D eigenvalue weighted by atomic mass is 19.1. The van der Waals surface area contributed by atoms with Gasteiger partial charge in [-0.3, -0.25) is 9.59 Å². The number of ether oxygens (including phenoxy) is 2. The highest BCUT2D eigenvalue weighted by Gasteiger charge is 2.16. The van der Waals surface area contributed by atoms with Crippen LogP contribution in [0.2, 0.25) is 0 Å². The van der Waals surface area contributed by atoms with E-state index in [0.29, 0.717) is 61.5 Å². The lowest BCUT2D eigenvalue weighted by molar-refractivity contribution is -0.121. The molecule has 39 heavy (non-hydrogen) atoms. The molecule has 0 saturated heterocycles. The quantitative estimate of drug-likeness (QED) is 0.232. The number of halogens is 1. The number of carbonyl (C=O) groups is 2. The van der Waals surface area contributed by atoms with Crippen molar-refractivity contribution < 1.29 is 28.6 Å². The minimum absolute atomic E-state index is 0.0259. The monoisotopic (exact) mass is 544 g/mol. The van der Waals surface area contributed by atoms with E-state index < -0.39 is 6.10 Å². The first-order valence-corrected chi connectivity index (χ1v) is 14.2. The van der Waals surface area contributed by atoms with Crippen LogP contribution >= 0.6 is 0 Å². The van der Waals surface area contributed by atoms with Gasteiger partial charge in [0.2, 0.25) is 5.91 Å². The highest BCUT2D eigenvalue weighted by Crippen LogP contribution is 2.32. The molecule has 0 aromatic heterocycles. The van der Waals surface area contributed by atoms with Crippen LogP contribution in [-0.4, -0.2) is 43.6 Å². The summed E-state index contributed by atoms with van der Waals surface area (Å²) in [5, 5.41) is 13.0. The average molecular weight is 545 g/mol. The Morgan fingerprint density at radius 1 is 1.00 bits per heavy atom. The fourth-order valence-corrected chi connectivity index (χ4v) is 4.40. The first-order valence-electron chi connectivity index (χ1n) is 14.2. The van der Waals surface area contributed by atoms with Crippen molar-refractivity contribution in [2.24, 2.45) is 11.7 Å². The molecule has 1 atom stereocenters. The normalized spacial score (nSPS) is 14.5. The van der Waals surface area contributed by atoms with E-state index in [0.717, 1.165) is 12.3 Å². The minimum Gasteiger partial charge on any atom is -0.486 e. The number of rotatable bonds is 12. The Labute approximate surface area is 232 Å². The van der Waals surface area contributed by atoms with E-state index in [1.165, 1.54) is 63.4 Å². The molecule has 1 heterocycles. The number of nitrogens with one attached hydrogen (secondary N) is 1. The molecular weight excluding hydrogens is 499 g/mol. The van der Waals surface area contributed by atoms with Crippen LogP contribution in [-0.2, 0) is 4.79 Å². The van der Waals surface area contributed by atoms with E-state index in [1.54, 1.807) is 18.2 Å². The lowest BCUT2D eigenvalue weighted by Gasteiger charge is -2.24. The third-order valence-corrected chi connectivity index (χ3v) is 6.84. The summed E-state index contributed by atoms with van der Waals surface area (Å²) < 4.78 is 23.8. The second-order valence-corrected chi connectivity index (χ2v) is 9.80. The molecule has 7 nitrogen and oxygen atoms in total. The van der Waals surface area contributed by atoms with Crippen LogP contribution in [0.4, 0.5) is 4.39 Å². The van der Waals surface area contributed by atoms with Gasteiger partial charge in [-0.25, -0.2) is 4.39 Å². The fourth-order valence-electron chi connectivity index (χ4n) is 4.40. The zero-order chi connectivity index (χ0) is 28.5. The van der Waals surface area contributed by atoms with Gasteiger partial charge >= 0.3 is 0 Å². The molecule has 0 bridgehead atoms. The van der Waals surface area contributed by atoms with E-state index in [4.69, 9.17) is 9.47 Å². The Morgan fingerprint density at radius 3 is 2.28 bits per heavy atom. The molecular formula is C31H45FN2O5. The Bertz CT molecular complexity index is 995. The number of hydrogen-bond acceptors (Lipinski definition) is 6. The molecule has 0 spiro atoms. The molecule has 8 heteroatoms. The summed E-state index contributed by atoms with van der Waals surface area (Å²) in [6.07, 6.45) is 9.36. The number of Topliss-reactive ketones (excluding diaryl/α,β-unsaturated/α-hetero) is 1. The molecule has 216 valence electrons. The van der Waals surface area contributed by atoms with Gasteiger partial charge in [-0.2, -0.15) is 0 Å². The smallest absolute Gasteiger partial charge is 0.220 e. The standard InChI is InChI=1S/C23H26FNO5.C7H14.CH5N/c24-18-9-6-16(7-10-18)19(26)4-2-1-3-5-23(28)25-15-20(27)17-8-11-21-22(14-17)30-13-12-29-21;1-2-4-7-5-3-6-7;1-2/h6-11,14,20,27H,1-5,12-13,15H2,(H,25,28);7H,2-6H2,1H3;2H2,1H3/t20-;;/m0../s1. The summed E-state index contributed by atoms with van der Waals surface area (Å²) >= 11 is 0. The van der Waals surface area contributed by atoms with Crippen molar-refractivity contribution >= 4 is 11.7 Å². The number of unbranched alkanes of at least 4 members (excludes halogenated alkanes) is 2. The number of ketones is 1. The first-order chi connectivity index (χ1) is 19.0. The maximum atomic E-state index is 12.9. The van der Waals surface area contributed by atoms with Gasteiger partial charge in [-0.15, -0.1) is 0 Å². The zero-order valence-corrected chi connectivity index (χ0v) is 23.4. The molecule has 0 unspecified atom stereocenters. The van der Waals surface area contributed by atoms with Crippen LogP contribution in [0.15, 0.2) is 42.5 Å². The molecule has 2 aromatic carbocycles. The third kappa shape index (κ3) is 11.8. The summed E-state index contributed by atoms with van der Waals surface area (Å²) in [5.74, 6) is 1.85.